The van der Waals surface area contributed by atoms with Crippen molar-refractivity contribution in [3.05, 3.63) is 34.3 Å². The summed E-state index contributed by atoms with van der Waals surface area (Å²) < 4.78 is 4.71. The Bertz CT molecular complexity index is 363. The van der Waals surface area contributed by atoms with Crippen molar-refractivity contribution in [1.29, 1.82) is 0 Å². The van der Waals surface area contributed by atoms with Crippen LogP contribution in [0.3, 0.4) is 0 Å². The van der Waals surface area contributed by atoms with Crippen LogP contribution in [0.2, 0.25) is 5.02 Å². The van der Waals surface area contributed by atoms with Crippen molar-refractivity contribution in [2.24, 2.45) is 0 Å². The lowest BCUT2D eigenvalue weighted by Crippen LogP contribution is -2.15. The molecule has 0 amide bonds. The first kappa shape index (κ1) is 12.0. The molecule has 1 rings (SSSR count). The zero-order valence-electron chi connectivity index (χ0n) is 8.66. The highest BCUT2D eigenvalue weighted by molar-refractivity contribution is 6.31. The third kappa shape index (κ3) is 2.94. The van der Waals surface area contributed by atoms with Gasteiger partial charge in [0, 0.05) is 5.02 Å². The first-order valence-corrected chi connectivity index (χ1v) is 5.04. The third-order valence-electron chi connectivity index (χ3n) is 2.01. The molecule has 0 aliphatic heterocycles. The lowest BCUT2D eigenvalue weighted by Gasteiger charge is -2.10. The summed E-state index contributed by atoms with van der Waals surface area (Å²) in [5.41, 5.74) is 1.31. The van der Waals surface area contributed by atoms with Crippen LogP contribution < -0.4 is 0 Å². The summed E-state index contributed by atoms with van der Waals surface area (Å²) in [6, 6.07) is 4.93. The van der Waals surface area contributed by atoms with Crippen LogP contribution >= 0.6 is 11.6 Å². The Balaban J connectivity index is 2.86. The molecule has 15 heavy (non-hydrogen) atoms. The molecule has 0 aliphatic carbocycles. The highest BCUT2D eigenvalue weighted by Crippen LogP contribution is 2.21. The maximum Gasteiger partial charge on any atom is 0.339 e. The summed E-state index contributed by atoms with van der Waals surface area (Å²) in [6.07, 6.45) is -1.24. The lowest BCUT2D eigenvalue weighted by atomic mass is 10.1. The van der Waals surface area contributed by atoms with Crippen LogP contribution in [-0.2, 0) is 9.53 Å². The van der Waals surface area contributed by atoms with Crippen LogP contribution in [0.15, 0.2) is 18.2 Å². The number of aliphatic hydroxyl groups is 1. The van der Waals surface area contributed by atoms with Gasteiger partial charge in [0.05, 0.1) is 6.61 Å². The van der Waals surface area contributed by atoms with Crippen molar-refractivity contribution < 1.29 is 14.6 Å². The van der Waals surface area contributed by atoms with Gasteiger partial charge < -0.3 is 9.84 Å². The van der Waals surface area contributed by atoms with E-state index >= 15 is 0 Å². The van der Waals surface area contributed by atoms with Gasteiger partial charge in [-0.15, -0.1) is 0 Å². The quantitative estimate of drug-likeness (QED) is 0.808. The molecule has 1 aromatic carbocycles. The number of aryl methyl sites for hydroxylation is 1. The van der Waals surface area contributed by atoms with Crippen molar-refractivity contribution in [2.45, 2.75) is 20.0 Å². The summed E-state index contributed by atoms with van der Waals surface area (Å²) in [5.74, 6) is -0.640. The first-order valence-electron chi connectivity index (χ1n) is 4.67. The van der Waals surface area contributed by atoms with Crippen LogP contribution in [0.4, 0.5) is 0 Å². The number of ether oxygens (including phenoxy) is 1. The van der Waals surface area contributed by atoms with Gasteiger partial charge in [-0.2, -0.15) is 0 Å². The fraction of sp³-hybridized carbons (Fsp3) is 0.364. The molecular formula is C11H13ClO3. The minimum absolute atomic E-state index is 0.252. The summed E-state index contributed by atoms with van der Waals surface area (Å²) >= 11 is 5.83. The van der Waals surface area contributed by atoms with Crippen molar-refractivity contribution in [2.75, 3.05) is 6.61 Å². The van der Waals surface area contributed by atoms with Crippen LogP contribution in [0.5, 0.6) is 0 Å². The van der Waals surface area contributed by atoms with Crippen LogP contribution in [0.1, 0.15) is 24.2 Å². The molecule has 0 fully saturated rings. The van der Waals surface area contributed by atoms with Gasteiger partial charge in [-0.3, -0.25) is 0 Å². The smallest absolute Gasteiger partial charge is 0.339 e. The van der Waals surface area contributed by atoms with E-state index < -0.39 is 12.1 Å². The standard InChI is InChI=1S/C11H13ClO3/c1-3-15-11(14)10(13)8-4-5-9(12)7(2)6-8/h4-6,10,13H,3H2,1-2H3. The van der Waals surface area contributed by atoms with Gasteiger partial charge in [0.25, 0.3) is 0 Å². The Labute approximate surface area is 93.6 Å². The Morgan fingerprint density at radius 1 is 1.60 bits per heavy atom. The number of halogens is 1. The van der Waals surface area contributed by atoms with Crippen molar-refractivity contribution in [3.8, 4) is 0 Å². The van der Waals surface area contributed by atoms with Crippen molar-refractivity contribution in [1.82, 2.24) is 0 Å². The maximum absolute atomic E-state index is 11.2. The molecule has 1 N–H and O–H groups in total. The van der Waals surface area contributed by atoms with E-state index in [9.17, 15) is 9.90 Å². The number of benzene rings is 1. The maximum atomic E-state index is 11.2. The van der Waals surface area contributed by atoms with E-state index in [1.165, 1.54) is 0 Å². The monoisotopic (exact) mass is 228 g/mol. The zero-order chi connectivity index (χ0) is 11.4. The molecule has 1 unspecified atom stereocenters. The average Bonchev–Trinajstić information content (AvgIpc) is 2.21. The van der Waals surface area contributed by atoms with Gasteiger partial charge in [-0.25, -0.2) is 4.79 Å². The number of carbonyl (C=O) groups excluding carboxylic acids is 1. The third-order valence-corrected chi connectivity index (χ3v) is 2.43. The second kappa shape index (κ2) is 5.14. The number of rotatable bonds is 3. The Morgan fingerprint density at radius 3 is 2.80 bits per heavy atom. The van der Waals surface area contributed by atoms with Gasteiger partial charge in [0.1, 0.15) is 0 Å². The van der Waals surface area contributed by atoms with Gasteiger partial charge in [-0.05, 0) is 31.0 Å². The Kier molecular flexibility index (Phi) is 4.12. The van der Waals surface area contributed by atoms with Gasteiger partial charge >= 0.3 is 5.97 Å². The Morgan fingerprint density at radius 2 is 2.27 bits per heavy atom. The van der Waals surface area contributed by atoms with Crippen molar-refractivity contribution in [3.63, 3.8) is 0 Å². The molecule has 0 saturated heterocycles. The van der Waals surface area contributed by atoms with Gasteiger partial charge in [0.15, 0.2) is 6.10 Å². The summed E-state index contributed by atoms with van der Waals surface area (Å²) in [6.45, 7) is 3.75. The van der Waals surface area contributed by atoms with Gasteiger partial charge in [-0.1, -0.05) is 23.7 Å². The predicted octanol–water partition coefficient (Wildman–Crippen LogP) is 2.24. The molecular weight excluding hydrogens is 216 g/mol. The molecule has 0 saturated carbocycles. The number of aliphatic hydroxyl groups excluding tert-OH is 1. The summed E-state index contributed by atoms with van der Waals surface area (Å²) in [5, 5.41) is 10.2. The van der Waals surface area contributed by atoms with E-state index in [2.05, 4.69) is 0 Å². The normalized spacial score (nSPS) is 12.3. The SMILES string of the molecule is CCOC(=O)C(O)c1ccc(Cl)c(C)c1. The van der Waals surface area contributed by atoms with Crippen LogP contribution in [-0.4, -0.2) is 17.7 Å². The van der Waals surface area contributed by atoms with Gasteiger partial charge in [0.2, 0.25) is 0 Å². The highest BCUT2D eigenvalue weighted by atomic mass is 35.5. The van der Waals surface area contributed by atoms with Crippen LogP contribution in [0, 0.1) is 6.92 Å². The topological polar surface area (TPSA) is 46.5 Å². The van der Waals surface area contributed by atoms with E-state index in [0.29, 0.717) is 10.6 Å². The molecule has 0 bridgehead atoms. The second-order valence-corrected chi connectivity index (χ2v) is 3.57. The van der Waals surface area contributed by atoms with Crippen molar-refractivity contribution >= 4 is 17.6 Å². The molecule has 0 heterocycles. The molecule has 0 radical (unpaired) electrons. The molecule has 0 aliphatic rings. The number of hydrogen-bond acceptors (Lipinski definition) is 3. The summed E-state index contributed by atoms with van der Waals surface area (Å²) in [7, 11) is 0. The molecule has 4 heteroatoms. The molecule has 0 aromatic heterocycles. The number of hydrogen-bond donors (Lipinski definition) is 1. The molecule has 0 spiro atoms. The minimum atomic E-state index is -1.24. The molecule has 82 valence electrons. The minimum Gasteiger partial charge on any atom is -0.464 e. The van der Waals surface area contributed by atoms with E-state index in [1.54, 1.807) is 25.1 Å². The fourth-order valence-electron chi connectivity index (χ4n) is 1.20. The molecule has 1 aromatic rings. The molecule has 1 atom stereocenters. The predicted molar refractivity (Wildman–Crippen MR) is 57.8 cm³/mol. The largest absolute Gasteiger partial charge is 0.464 e. The lowest BCUT2D eigenvalue weighted by molar-refractivity contribution is -0.153. The highest BCUT2D eigenvalue weighted by Gasteiger charge is 2.18. The van der Waals surface area contributed by atoms with E-state index in [-0.39, 0.29) is 6.61 Å². The first-order chi connectivity index (χ1) is 7.06. The number of esters is 1. The van der Waals surface area contributed by atoms with E-state index in [0.717, 1.165) is 5.56 Å². The number of carbonyl (C=O) groups is 1. The average molecular weight is 229 g/mol. The summed E-state index contributed by atoms with van der Waals surface area (Å²) in [4.78, 5) is 11.2. The van der Waals surface area contributed by atoms with Crippen LogP contribution in [0.25, 0.3) is 0 Å². The van der Waals surface area contributed by atoms with E-state index in [1.807, 2.05) is 6.92 Å². The second-order valence-electron chi connectivity index (χ2n) is 3.16. The molecule has 3 nitrogen and oxygen atoms in total. The zero-order valence-corrected chi connectivity index (χ0v) is 9.41. The Hall–Kier alpha value is -1.06. The fourth-order valence-corrected chi connectivity index (χ4v) is 1.31. The van der Waals surface area contributed by atoms with E-state index in [4.69, 9.17) is 16.3 Å².